The summed E-state index contributed by atoms with van der Waals surface area (Å²) in [7, 11) is 0. The number of para-hydroxylation sites is 1. The zero-order chi connectivity index (χ0) is 13.2. The first-order valence-electron chi connectivity index (χ1n) is 6.53. The largest absolute Gasteiger partial charge is 0.493 e. The minimum atomic E-state index is -0.273. The molecule has 0 bridgehead atoms. The molecule has 0 aliphatic carbocycles. The summed E-state index contributed by atoms with van der Waals surface area (Å²) >= 11 is 0. The predicted molar refractivity (Wildman–Crippen MR) is 68.9 cm³/mol. The second-order valence-electron chi connectivity index (χ2n) is 4.96. The van der Waals surface area contributed by atoms with Gasteiger partial charge in [-0.05, 0) is 12.5 Å². The number of hydrogen-bond donors (Lipinski definition) is 2. The molecule has 0 aromatic heterocycles. The first kappa shape index (κ1) is 12.2. The third-order valence-electron chi connectivity index (χ3n) is 3.65. The molecule has 2 aliphatic rings. The molecule has 100 valence electrons. The van der Waals surface area contributed by atoms with Crippen LogP contribution in [0.4, 0.5) is 0 Å². The molecule has 1 saturated heterocycles. The van der Waals surface area contributed by atoms with Crippen LogP contribution in [0.5, 0.6) is 5.75 Å². The molecule has 1 aromatic carbocycles. The van der Waals surface area contributed by atoms with Gasteiger partial charge in [-0.25, -0.2) is 0 Å². The Labute approximate surface area is 111 Å². The number of amides is 2. The van der Waals surface area contributed by atoms with Crippen LogP contribution in [0.3, 0.4) is 0 Å². The Balaban J connectivity index is 1.59. The molecule has 5 nitrogen and oxygen atoms in total. The highest BCUT2D eigenvalue weighted by atomic mass is 16.5. The number of nitrogens with one attached hydrogen (secondary N) is 2. The molecule has 19 heavy (non-hydrogen) atoms. The Morgan fingerprint density at radius 2 is 2.16 bits per heavy atom. The van der Waals surface area contributed by atoms with Crippen molar-refractivity contribution in [1.82, 2.24) is 10.6 Å². The van der Waals surface area contributed by atoms with Crippen LogP contribution in [0.15, 0.2) is 24.3 Å². The summed E-state index contributed by atoms with van der Waals surface area (Å²) in [5.74, 6) is 0.792. The maximum Gasteiger partial charge on any atom is 0.243 e. The summed E-state index contributed by atoms with van der Waals surface area (Å²) in [6.07, 6.45) is 0.973. The van der Waals surface area contributed by atoms with Crippen LogP contribution in [-0.4, -0.2) is 31.0 Å². The SMILES string of the molecule is O=C1CCC(NCC2COc3ccccc32)C(=O)N1. The van der Waals surface area contributed by atoms with E-state index in [1.54, 1.807) is 0 Å². The number of carbonyl (C=O) groups excluding carboxylic acids is 2. The summed E-state index contributed by atoms with van der Waals surface area (Å²) in [6, 6.07) is 7.69. The molecule has 2 N–H and O–H groups in total. The highest BCUT2D eigenvalue weighted by molar-refractivity contribution is 6.00. The normalized spacial score (nSPS) is 25.7. The van der Waals surface area contributed by atoms with Crippen LogP contribution in [0.2, 0.25) is 0 Å². The van der Waals surface area contributed by atoms with E-state index in [-0.39, 0.29) is 23.8 Å². The minimum Gasteiger partial charge on any atom is -0.493 e. The van der Waals surface area contributed by atoms with Gasteiger partial charge in [0.25, 0.3) is 0 Å². The maximum absolute atomic E-state index is 11.6. The van der Waals surface area contributed by atoms with Gasteiger partial charge < -0.3 is 10.1 Å². The highest BCUT2D eigenvalue weighted by Gasteiger charge is 2.29. The van der Waals surface area contributed by atoms with Gasteiger partial charge in [0.2, 0.25) is 11.8 Å². The zero-order valence-electron chi connectivity index (χ0n) is 10.5. The summed E-state index contributed by atoms with van der Waals surface area (Å²) < 4.78 is 5.60. The van der Waals surface area contributed by atoms with Crippen LogP contribution in [0.1, 0.15) is 24.3 Å². The molecule has 3 rings (SSSR count). The third kappa shape index (κ3) is 2.46. The molecule has 0 radical (unpaired) electrons. The molecule has 2 aliphatic heterocycles. The molecule has 5 heteroatoms. The monoisotopic (exact) mass is 260 g/mol. The van der Waals surface area contributed by atoms with Crippen LogP contribution >= 0.6 is 0 Å². The van der Waals surface area contributed by atoms with E-state index in [1.807, 2.05) is 18.2 Å². The summed E-state index contributed by atoms with van der Waals surface area (Å²) in [5.41, 5.74) is 1.18. The van der Waals surface area contributed by atoms with E-state index in [1.165, 1.54) is 5.56 Å². The minimum absolute atomic E-state index is 0.183. The fourth-order valence-electron chi connectivity index (χ4n) is 2.57. The number of carbonyl (C=O) groups is 2. The third-order valence-corrected chi connectivity index (χ3v) is 3.65. The average Bonchev–Trinajstić information content (AvgIpc) is 2.81. The van der Waals surface area contributed by atoms with E-state index < -0.39 is 0 Å². The average molecular weight is 260 g/mol. The Bertz CT molecular complexity index is 515. The zero-order valence-corrected chi connectivity index (χ0v) is 10.5. The second kappa shape index (κ2) is 5.01. The smallest absolute Gasteiger partial charge is 0.243 e. The summed E-state index contributed by atoms with van der Waals surface area (Å²) in [4.78, 5) is 22.7. The first-order valence-corrected chi connectivity index (χ1v) is 6.53. The molecular weight excluding hydrogens is 244 g/mol. The lowest BCUT2D eigenvalue weighted by Gasteiger charge is -2.23. The molecule has 1 aromatic rings. The topological polar surface area (TPSA) is 67.4 Å². The van der Waals surface area contributed by atoms with Crippen molar-refractivity contribution in [2.24, 2.45) is 0 Å². The predicted octanol–water partition coefficient (Wildman–Crippen LogP) is 0.557. The van der Waals surface area contributed by atoms with Gasteiger partial charge in [0, 0.05) is 24.4 Å². The van der Waals surface area contributed by atoms with E-state index in [9.17, 15) is 9.59 Å². The van der Waals surface area contributed by atoms with Gasteiger partial charge in [-0.1, -0.05) is 18.2 Å². The van der Waals surface area contributed by atoms with Crippen LogP contribution in [0, 0.1) is 0 Å². The Hall–Kier alpha value is -1.88. The van der Waals surface area contributed by atoms with Crippen molar-refractivity contribution >= 4 is 11.8 Å². The summed E-state index contributed by atoms with van der Waals surface area (Å²) in [5, 5.41) is 5.58. The number of fused-ring (bicyclic) bond motifs is 1. The van der Waals surface area contributed by atoms with Gasteiger partial charge in [0.1, 0.15) is 5.75 Å². The van der Waals surface area contributed by atoms with E-state index in [4.69, 9.17) is 4.74 Å². The lowest BCUT2D eigenvalue weighted by Crippen LogP contribution is -2.51. The van der Waals surface area contributed by atoms with Gasteiger partial charge in [0.15, 0.2) is 0 Å². The number of ether oxygens (including phenoxy) is 1. The van der Waals surface area contributed by atoms with Gasteiger partial charge in [0.05, 0.1) is 12.6 Å². The Kier molecular flexibility index (Phi) is 3.21. The molecule has 1 fully saturated rings. The Morgan fingerprint density at radius 3 is 3.00 bits per heavy atom. The van der Waals surface area contributed by atoms with E-state index in [0.29, 0.717) is 26.0 Å². The van der Waals surface area contributed by atoms with E-state index in [2.05, 4.69) is 16.7 Å². The van der Waals surface area contributed by atoms with Gasteiger partial charge in [-0.15, -0.1) is 0 Å². The van der Waals surface area contributed by atoms with Crippen molar-refractivity contribution in [2.45, 2.75) is 24.8 Å². The van der Waals surface area contributed by atoms with Crippen molar-refractivity contribution in [1.29, 1.82) is 0 Å². The summed E-state index contributed by atoms with van der Waals surface area (Å²) in [6.45, 7) is 1.32. The molecule has 0 spiro atoms. The highest BCUT2D eigenvalue weighted by Crippen LogP contribution is 2.32. The van der Waals surface area contributed by atoms with Crippen molar-refractivity contribution < 1.29 is 14.3 Å². The second-order valence-corrected chi connectivity index (χ2v) is 4.96. The van der Waals surface area contributed by atoms with Crippen LogP contribution in [0.25, 0.3) is 0 Å². The fourth-order valence-corrected chi connectivity index (χ4v) is 2.57. The molecule has 2 heterocycles. The van der Waals surface area contributed by atoms with Crippen molar-refractivity contribution in [3.63, 3.8) is 0 Å². The van der Waals surface area contributed by atoms with Crippen LogP contribution in [-0.2, 0) is 9.59 Å². The standard InChI is InChI=1S/C14H16N2O3/c17-13-6-5-11(14(18)16-13)15-7-9-8-19-12-4-2-1-3-10(9)12/h1-4,9,11,15H,5-8H2,(H,16,17,18). The van der Waals surface area contributed by atoms with Crippen molar-refractivity contribution in [3.05, 3.63) is 29.8 Å². The molecule has 2 amide bonds. The van der Waals surface area contributed by atoms with Gasteiger partial charge in [-0.3, -0.25) is 14.9 Å². The van der Waals surface area contributed by atoms with E-state index in [0.717, 1.165) is 5.75 Å². The fraction of sp³-hybridized carbons (Fsp3) is 0.429. The molecular formula is C14H16N2O3. The Morgan fingerprint density at radius 1 is 1.32 bits per heavy atom. The number of hydrogen-bond acceptors (Lipinski definition) is 4. The quantitative estimate of drug-likeness (QED) is 0.779. The number of imide groups is 1. The number of benzene rings is 1. The van der Waals surface area contributed by atoms with Crippen LogP contribution < -0.4 is 15.4 Å². The maximum atomic E-state index is 11.6. The lowest BCUT2D eigenvalue weighted by molar-refractivity contribution is -0.134. The first-order chi connectivity index (χ1) is 9.24. The molecule has 2 unspecified atom stereocenters. The lowest BCUT2D eigenvalue weighted by atomic mass is 10.00. The molecule has 2 atom stereocenters. The number of piperidine rings is 1. The van der Waals surface area contributed by atoms with Gasteiger partial charge in [-0.2, -0.15) is 0 Å². The van der Waals surface area contributed by atoms with Crippen molar-refractivity contribution in [3.8, 4) is 5.75 Å². The van der Waals surface area contributed by atoms with E-state index >= 15 is 0 Å². The molecule has 0 saturated carbocycles. The van der Waals surface area contributed by atoms with Crippen molar-refractivity contribution in [2.75, 3.05) is 13.2 Å². The van der Waals surface area contributed by atoms with Gasteiger partial charge >= 0.3 is 0 Å². The number of rotatable bonds is 3.